The van der Waals surface area contributed by atoms with E-state index in [4.69, 9.17) is 9.47 Å². The first-order chi connectivity index (χ1) is 13.5. The lowest BCUT2D eigenvalue weighted by molar-refractivity contribution is -0.0881. The second kappa shape index (κ2) is 9.39. The van der Waals surface area contributed by atoms with Crippen molar-refractivity contribution in [3.05, 3.63) is 65.5 Å². The van der Waals surface area contributed by atoms with E-state index < -0.39 is 23.6 Å². The molecule has 28 heavy (non-hydrogen) atoms. The third-order valence-electron chi connectivity index (χ3n) is 5.06. The standard InChI is InChI=1S/C23H25F3O2/c1-3-5-12-27-16-7-11-21(28-14-16)19-10-9-18(22(25)23(19)26)17-8-6-15(4-2)13-20(17)24/h4,6,8-10,13,16,21H,2-3,5,7,11-12,14H2,1H3. The van der Waals surface area contributed by atoms with Crippen LogP contribution in [-0.4, -0.2) is 19.3 Å². The van der Waals surface area contributed by atoms with Crippen molar-refractivity contribution >= 4 is 6.08 Å². The number of hydrogen-bond acceptors (Lipinski definition) is 2. The van der Waals surface area contributed by atoms with Crippen LogP contribution in [0.4, 0.5) is 13.2 Å². The summed E-state index contributed by atoms with van der Waals surface area (Å²) in [5, 5.41) is 0. The summed E-state index contributed by atoms with van der Waals surface area (Å²) in [4.78, 5) is 0. The Kier molecular flexibility index (Phi) is 6.92. The fourth-order valence-electron chi connectivity index (χ4n) is 3.40. The van der Waals surface area contributed by atoms with Gasteiger partial charge >= 0.3 is 0 Å². The molecule has 1 aliphatic heterocycles. The number of halogens is 3. The zero-order chi connectivity index (χ0) is 20.1. The molecule has 2 unspecified atom stereocenters. The van der Waals surface area contributed by atoms with Crippen LogP contribution in [0.1, 0.15) is 49.8 Å². The monoisotopic (exact) mass is 390 g/mol. The first kappa shape index (κ1) is 20.6. The van der Waals surface area contributed by atoms with Crippen molar-refractivity contribution in [2.45, 2.75) is 44.8 Å². The fraction of sp³-hybridized carbons (Fsp3) is 0.391. The maximum Gasteiger partial charge on any atom is 0.167 e. The van der Waals surface area contributed by atoms with E-state index >= 15 is 0 Å². The summed E-state index contributed by atoms with van der Waals surface area (Å²) >= 11 is 0. The molecule has 0 saturated carbocycles. The minimum atomic E-state index is -1.06. The highest BCUT2D eigenvalue weighted by Crippen LogP contribution is 2.35. The second-order valence-electron chi connectivity index (χ2n) is 7.02. The van der Waals surface area contributed by atoms with Gasteiger partial charge in [0.2, 0.25) is 0 Å². The molecule has 2 aromatic carbocycles. The Morgan fingerprint density at radius 3 is 2.54 bits per heavy atom. The van der Waals surface area contributed by atoms with Crippen LogP contribution in [0.15, 0.2) is 36.9 Å². The molecule has 1 saturated heterocycles. The summed E-state index contributed by atoms with van der Waals surface area (Å²) in [5.74, 6) is -2.67. The van der Waals surface area contributed by atoms with Gasteiger partial charge in [-0.3, -0.25) is 0 Å². The van der Waals surface area contributed by atoms with Crippen molar-refractivity contribution in [2.75, 3.05) is 13.2 Å². The molecule has 0 N–H and O–H groups in total. The lowest BCUT2D eigenvalue weighted by atomic mass is 9.95. The molecule has 150 valence electrons. The van der Waals surface area contributed by atoms with Gasteiger partial charge in [0.15, 0.2) is 11.6 Å². The first-order valence-corrected chi connectivity index (χ1v) is 9.68. The van der Waals surface area contributed by atoms with E-state index in [1.807, 2.05) is 0 Å². The molecule has 0 amide bonds. The molecule has 2 nitrogen and oxygen atoms in total. The Bertz CT molecular complexity index is 827. The number of benzene rings is 2. The quantitative estimate of drug-likeness (QED) is 0.506. The summed E-state index contributed by atoms with van der Waals surface area (Å²) in [6.07, 6.45) is 4.29. The molecule has 1 fully saturated rings. The van der Waals surface area contributed by atoms with E-state index in [1.165, 1.54) is 30.3 Å². The number of ether oxygens (including phenoxy) is 2. The average Bonchev–Trinajstić information content (AvgIpc) is 2.71. The van der Waals surface area contributed by atoms with Gasteiger partial charge in [0.25, 0.3) is 0 Å². The predicted octanol–water partition coefficient (Wildman–Crippen LogP) is 6.45. The third-order valence-corrected chi connectivity index (χ3v) is 5.06. The van der Waals surface area contributed by atoms with Crippen LogP contribution in [0.5, 0.6) is 0 Å². The summed E-state index contributed by atoms with van der Waals surface area (Å²) < 4.78 is 55.2. The Labute approximate surface area is 164 Å². The van der Waals surface area contributed by atoms with E-state index in [0.717, 1.165) is 19.3 Å². The Balaban J connectivity index is 1.75. The van der Waals surface area contributed by atoms with Gasteiger partial charge < -0.3 is 9.47 Å². The molecule has 1 heterocycles. The van der Waals surface area contributed by atoms with Gasteiger partial charge in [-0.1, -0.05) is 50.3 Å². The topological polar surface area (TPSA) is 18.5 Å². The Morgan fingerprint density at radius 2 is 1.89 bits per heavy atom. The molecule has 1 aliphatic rings. The van der Waals surface area contributed by atoms with Crippen molar-refractivity contribution < 1.29 is 22.6 Å². The van der Waals surface area contributed by atoms with Crippen molar-refractivity contribution in [1.82, 2.24) is 0 Å². The summed E-state index contributed by atoms with van der Waals surface area (Å²) in [6.45, 7) is 6.71. The van der Waals surface area contributed by atoms with Gasteiger partial charge in [-0.05, 0) is 30.9 Å². The Morgan fingerprint density at radius 1 is 1.11 bits per heavy atom. The van der Waals surface area contributed by atoms with Crippen molar-refractivity contribution in [2.24, 2.45) is 0 Å². The zero-order valence-corrected chi connectivity index (χ0v) is 16.0. The van der Waals surface area contributed by atoms with Crippen LogP contribution in [0, 0.1) is 17.5 Å². The summed E-state index contributed by atoms with van der Waals surface area (Å²) in [5.41, 5.74) is 0.648. The number of rotatable bonds is 7. The third kappa shape index (κ3) is 4.47. The molecular formula is C23H25F3O2. The van der Waals surface area contributed by atoms with Crippen LogP contribution in [0.2, 0.25) is 0 Å². The van der Waals surface area contributed by atoms with E-state index in [0.29, 0.717) is 25.2 Å². The zero-order valence-electron chi connectivity index (χ0n) is 16.0. The summed E-state index contributed by atoms with van der Waals surface area (Å²) in [7, 11) is 0. The van der Waals surface area contributed by atoms with Gasteiger partial charge in [-0.25, -0.2) is 13.2 Å². The highest BCUT2D eigenvalue weighted by molar-refractivity contribution is 5.67. The molecule has 0 aliphatic carbocycles. The molecular weight excluding hydrogens is 365 g/mol. The van der Waals surface area contributed by atoms with Gasteiger partial charge in [0.05, 0.1) is 18.8 Å². The molecule has 0 aromatic heterocycles. The fourth-order valence-corrected chi connectivity index (χ4v) is 3.40. The predicted molar refractivity (Wildman–Crippen MR) is 104 cm³/mol. The second-order valence-corrected chi connectivity index (χ2v) is 7.02. The van der Waals surface area contributed by atoms with Crippen molar-refractivity contribution in [1.29, 1.82) is 0 Å². The van der Waals surface area contributed by atoms with E-state index in [2.05, 4.69) is 13.5 Å². The number of unbranched alkanes of at least 4 members (excludes halogenated alkanes) is 1. The van der Waals surface area contributed by atoms with E-state index in [-0.39, 0.29) is 22.8 Å². The van der Waals surface area contributed by atoms with Crippen molar-refractivity contribution in [3.8, 4) is 11.1 Å². The molecule has 0 radical (unpaired) electrons. The lowest BCUT2D eigenvalue weighted by Crippen LogP contribution is -2.28. The molecule has 3 rings (SSSR count). The van der Waals surface area contributed by atoms with Crippen molar-refractivity contribution in [3.63, 3.8) is 0 Å². The normalized spacial score (nSPS) is 19.6. The van der Waals surface area contributed by atoms with Crippen LogP contribution in [0.3, 0.4) is 0 Å². The highest BCUT2D eigenvalue weighted by Gasteiger charge is 2.28. The maximum atomic E-state index is 14.7. The SMILES string of the molecule is C=Cc1ccc(-c2ccc(C3CCC(OCCCC)CO3)c(F)c2F)c(F)c1. The molecule has 5 heteroatoms. The van der Waals surface area contributed by atoms with Gasteiger partial charge in [0.1, 0.15) is 5.82 Å². The van der Waals surface area contributed by atoms with Crippen LogP contribution >= 0.6 is 0 Å². The minimum absolute atomic E-state index is 0.00699. The minimum Gasteiger partial charge on any atom is -0.376 e. The first-order valence-electron chi connectivity index (χ1n) is 9.68. The van der Waals surface area contributed by atoms with Gasteiger partial charge in [0, 0.05) is 23.3 Å². The van der Waals surface area contributed by atoms with Crippen LogP contribution < -0.4 is 0 Å². The largest absolute Gasteiger partial charge is 0.376 e. The molecule has 2 atom stereocenters. The average molecular weight is 390 g/mol. The van der Waals surface area contributed by atoms with Gasteiger partial charge in [-0.2, -0.15) is 0 Å². The summed E-state index contributed by atoms with van der Waals surface area (Å²) in [6, 6.07) is 7.18. The molecule has 2 aromatic rings. The Hall–Kier alpha value is -2.11. The van der Waals surface area contributed by atoms with E-state index in [1.54, 1.807) is 6.07 Å². The van der Waals surface area contributed by atoms with Crippen LogP contribution in [-0.2, 0) is 9.47 Å². The molecule has 0 spiro atoms. The van der Waals surface area contributed by atoms with E-state index in [9.17, 15) is 13.2 Å². The smallest absolute Gasteiger partial charge is 0.167 e. The number of hydrogen-bond donors (Lipinski definition) is 0. The maximum absolute atomic E-state index is 14.7. The van der Waals surface area contributed by atoms with Gasteiger partial charge in [-0.15, -0.1) is 0 Å². The lowest BCUT2D eigenvalue weighted by Gasteiger charge is -2.29. The highest BCUT2D eigenvalue weighted by atomic mass is 19.2. The molecule has 0 bridgehead atoms. The van der Waals surface area contributed by atoms with Crippen LogP contribution in [0.25, 0.3) is 17.2 Å².